The van der Waals surface area contributed by atoms with Crippen LogP contribution in [-0.2, 0) is 34.9 Å². The first-order valence-corrected chi connectivity index (χ1v) is 17.5. The van der Waals surface area contributed by atoms with Crippen LogP contribution in [0.2, 0.25) is 0 Å². The van der Waals surface area contributed by atoms with Gasteiger partial charge in [0.15, 0.2) is 30.4 Å². The fraction of sp³-hybridized carbons (Fsp3) is 0.583. The van der Waals surface area contributed by atoms with E-state index >= 15 is 0 Å². The van der Waals surface area contributed by atoms with Gasteiger partial charge in [-0.05, 0) is 13.0 Å². The van der Waals surface area contributed by atoms with Crippen molar-refractivity contribution < 1.29 is 58.1 Å². The summed E-state index contributed by atoms with van der Waals surface area (Å²) in [6.45, 7) is 5.48. The van der Waals surface area contributed by atoms with Crippen LogP contribution in [0, 0.1) is 0 Å². The number of methoxy groups -OCH3 is 2. The summed E-state index contributed by atoms with van der Waals surface area (Å²) >= 11 is 0. The number of carbonyl (C=O) groups is 3. The summed E-state index contributed by atoms with van der Waals surface area (Å²) in [6, 6.07) is 4.40. The molecule has 2 aliphatic carbocycles. The van der Waals surface area contributed by atoms with Crippen LogP contribution in [0.5, 0.6) is 17.2 Å². The molecule has 4 fully saturated rings. The standard InChI is InChI=1S/C36H43N3O12/c1-17-33-20(39-11-12-48-35(47-3)34(39)51-33)13-24(49-17)50-22-15-36(45,23(40)16-38-9-7-37-8-10-38)14-19-26(22)32(44)28-27(30(19)42)29(41)18-5-4-6-21(46-2)25(18)31(28)43/h4-6,17,20,22,24,33-35,37,42,44-45H,7-16H2,1-3H3/t17-,20-,22-,24-,33+,34+,35-,36-/m0/s1. The Morgan fingerprint density at radius 3 is 2.55 bits per heavy atom. The molecule has 4 N–H and O–H groups in total. The van der Waals surface area contributed by atoms with Gasteiger partial charge >= 0.3 is 0 Å². The lowest BCUT2D eigenvalue weighted by molar-refractivity contribution is -0.256. The molecule has 4 aliphatic heterocycles. The van der Waals surface area contributed by atoms with E-state index in [2.05, 4.69) is 10.2 Å². The van der Waals surface area contributed by atoms with Crippen molar-refractivity contribution in [3.63, 3.8) is 0 Å². The molecule has 2 aromatic carbocycles. The van der Waals surface area contributed by atoms with Crippen LogP contribution in [0.4, 0.5) is 0 Å². The third-order valence-corrected chi connectivity index (χ3v) is 11.3. The largest absolute Gasteiger partial charge is 0.507 e. The lowest BCUT2D eigenvalue weighted by atomic mass is 9.71. The molecular formula is C36H43N3O12. The van der Waals surface area contributed by atoms with Gasteiger partial charge in [-0.25, -0.2) is 0 Å². The summed E-state index contributed by atoms with van der Waals surface area (Å²) in [5.41, 5.74) is -2.86. The molecule has 0 spiro atoms. The molecule has 0 saturated carbocycles. The average Bonchev–Trinajstić information content (AvgIpc) is 3.51. The number of Topliss-reactive ketones (excluding diaryl/α,β-unsaturated/α-hetero) is 1. The first-order valence-electron chi connectivity index (χ1n) is 17.5. The molecule has 2 aromatic rings. The Balaban J connectivity index is 1.18. The van der Waals surface area contributed by atoms with Crippen LogP contribution < -0.4 is 10.1 Å². The minimum Gasteiger partial charge on any atom is -0.507 e. The molecule has 8 rings (SSSR count). The van der Waals surface area contributed by atoms with Crippen LogP contribution >= 0.6 is 0 Å². The summed E-state index contributed by atoms with van der Waals surface area (Å²) in [6.07, 6.45) is -4.24. The number of hydrogen-bond donors (Lipinski definition) is 4. The van der Waals surface area contributed by atoms with Crippen molar-refractivity contribution in [2.45, 2.75) is 74.9 Å². The second kappa shape index (κ2) is 13.2. The predicted molar refractivity (Wildman–Crippen MR) is 176 cm³/mol. The maximum absolute atomic E-state index is 14.1. The number of fused-ring (bicyclic) bond motifs is 6. The third-order valence-electron chi connectivity index (χ3n) is 11.3. The number of piperazine rings is 1. The van der Waals surface area contributed by atoms with Gasteiger partial charge in [0.2, 0.25) is 5.78 Å². The van der Waals surface area contributed by atoms with Gasteiger partial charge in [-0.15, -0.1) is 0 Å². The van der Waals surface area contributed by atoms with Gasteiger partial charge in [0.25, 0.3) is 0 Å². The molecule has 0 aromatic heterocycles. The monoisotopic (exact) mass is 709 g/mol. The quantitative estimate of drug-likeness (QED) is 0.250. The van der Waals surface area contributed by atoms with Crippen molar-refractivity contribution in [2.75, 3.05) is 60.1 Å². The zero-order valence-electron chi connectivity index (χ0n) is 28.8. The maximum Gasteiger partial charge on any atom is 0.202 e. The van der Waals surface area contributed by atoms with Crippen molar-refractivity contribution in [1.82, 2.24) is 15.1 Å². The number of aliphatic hydroxyl groups is 1. The van der Waals surface area contributed by atoms with Gasteiger partial charge in [0, 0.05) is 81.8 Å². The molecule has 4 heterocycles. The van der Waals surface area contributed by atoms with E-state index < -0.39 is 77.4 Å². The topological polar surface area (TPSA) is 186 Å². The Bertz CT molecular complexity index is 1760. The first kappa shape index (κ1) is 34.6. The van der Waals surface area contributed by atoms with Gasteiger partial charge in [-0.1, -0.05) is 12.1 Å². The van der Waals surface area contributed by atoms with Crippen LogP contribution in [0.15, 0.2) is 18.2 Å². The molecule has 8 atom stereocenters. The zero-order valence-corrected chi connectivity index (χ0v) is 28.8. The second-order valence-electron chi connectivity index (χ2n) is 14.1. The van der Waals surface area contributed by atoms with Crippen LogP contribution in [0.25, 0.3) is 0 Å². The molecule has 0 unspecified atom stereocenters. The number of phenolic OH excluding ortho intramolecular Hbond substituents is 2. The summed E-state index contributed by atoms with van der Waals surface area (Å²) in [5.74, 6) is -2.89. The summed E-state index contributed by atoms with van der Waals surface area (Å²) < 4.78 is 35.9. The molecule has 274 valence electrons. The number of hydrogen-bond acceptors (Lipinski definition) is 15. The minimum atomic E-state index is -2.04. The highest BCUT2D eigenvalue weighted by Crippen LogP contribution is 2.53. The van der Waals surface area contributed by atoms with Gasteiger partial charge < -0.3 is 49.1 Å². The molecule has 0 radical (unpaired) electrons. The highest BCUT2D eigenvalue weighted by Gasteiger charge is 2.55. The highest BCUT2D eigenvalue weighted by atomic mass is 16.7. The highest BCUT2D eigenvalue weighted by molar-refractivity contribution is 6.31. The Kier molecular flexibility index (Phi) is 8.92. The lowest BCUT2D eigenvalue weighted by Gasteiger charge is -2.43. The summed E-state index contributed by atoms with van der Waals surface area (Å²) in [7, 11) is 2.93. The smallest absolute Gasteiger partial charge is 0.202 e. The summed E-state index contributed by atoms with van der Waals surface area (Å²) in [4.78, 5) is 46.1. The number of carbonyl (C=O) groups excluding carboxylic acids is 3. The first-order chi connectivity index (χ1) is 24.5. The van der Waals surface area contributed by atoms with E-state index in [1.165, 1.54) is 19.2 Å². The Hall–Kier alpha value is -3.51. The number of morpholine rings is 1. The van der Waals surface area contributed by atoms with Crippen molar-refractivity contribution in [3.8, 4) is 17.2 Å². The second-order valence-corrected chi connectivity index (χ2v) is 14.1. The molecule has 0 bridgehead atoms. The minimum absolute atomic E-state index is 0.00483. The van der Waals surface area contributed by atoms with Gasteiger partial charge in [0.05, 0.1) is 49.2 Å². The van der Waals surface area contributed by atoms with Crippen molar-refractivity contribution in [1.29, 1.82) is 0 Å². The van der Waals surface area contributed by atoms with E-state index in [1.807, 2.05) is 11.8 Å². The number of phenols is 2. The molecular weight excluding hydrogens is 666 g/mol. The Morgan fingerprint density at radius 2 is 1.80 bits per heavy atom. The number of rotatable bonds is 7. The number of nitrogens with one attached hydrogen (secondary N) is 1. The van der Waals surface area contributed by atoms with E-state index in [0.717, 1.165) is 0 Å². The average molecular weight is 710 g/mol. The van der Waals surface area contributed by atoms with Crippen molar-refractivity contribution >= 4 is 17.3 Å². The van der Waals surface area contributed by atoms with Gasteiger partial charge in [-0.3, -0.25) is 24.2 Å². The van der Waals surface area contributed by atoms with Crippen LogP contribution in [-0.4, -0.2) is 145 Å². The van der Waals surface area contributed by atoms with Crippen LogP contribution in [0.1, 0.15) is 68.8 Å². The summed E-state index contributed by atoms with van der Waals surface area (Å²) in [5, 5.41) is 39.2. The normalized spacial score (nSPS) is 33.5. The maximum atomic E-state index is 14.1. The van der Waals surface area contributed by atoms with E-state index in [1.54, 1.807) is 13.2 Å². The van der Waals surface area contributed by atoms with Crippen molar-refractivity contribution in [2.24, 2.45) is 0 Å². The molecule has 4 saturated heterocycles. The van der Waals surface area contributed by atoms with Gasteiger partial charge in [-0.2, -0.15) is 0 Å². The number of ether oxygens (including phenoxy) is 6. The molecule has 0 amide bonds. The zero-order chi connectivity index (χ0) is 35.8. The fourth-order valence-electron chi connectivity index (χ4n) is 8.76. The molecule has 51 heavy (non-hydrogen) atoms. The Labute approximate surface area is 294 Å². The molecule has 6 aliphatic rings. The fourth-order valence-corrected chi connectivity index (χ4v) is 8.76. The predicted octanol–water partition coefficient (Wildman–Crippen LogP) is 0.624. The van der Waals surface area contributed by atoms with E-state index in [0.29, 0.717) is 45.8 Å². The van der Waals surface area contributed by atoms with Crippen LogP contribution in [0.3, 0.4) is 0 Å². The number of ketones is 3. The van der Waals surface area contributed by atoms with E-state index in [9.17, 15) is 29.7 Å². The SMILES string of the molecule is COc1cccc2c1C(=O)c1c(O)c3c(c(O)c1C2=O)C[C@@](O)(C(=O)CN1CCNCC1)C[C@@H]3O[C@H]1C[C@H]2[C@H](O[C@@H]3[C@@H](OC)OCCN32)[C@H](C)O1. The Morgan fingerprint density at radius 1 is 1.04 bits per heavy atom. The lowest BCUT2D eigenvalue weighted by Crippen LogP contribution is -2.55. The number of nitrogens with zero attached hydrogens (tertiary/aromatic N) is 2. The number of benzene rings is 2. The molecule has 15 nitrogen and oxygen atoms in total. The van der Waals surface area contributed by atoms with E-state index in [-0.39, 0.29) is 58.7 Å². The van der Waals surface area contributed by atoms with E-state index in [4.69, 9.17) is 28.4 Å². The van der Waals surface area contributed by atoms with Gasteiger partial charge in [0.1, 0.15) is 29.0 Å². The third kappa shape index (κ3) is 5.57. The number of aromatic hydroxyl groups is 2. The van der Waals surface area contributed by atoms with Crippen molar-refractivity contribution in [3.05, 3.63) is 51.6 Å². The molecule has 15 heteroatoms.